The highest BCUT2D eigenvalue weighted by molar-refractivity contribution is 7.09. The molecule has 1 aromatic heterocycles. The molecule has 0 saturated carbocycles. The second-order valence-electron chi connectivity index (χ2n) is 10.4. The van der Waals surface area contributed by atoms with E-state index in [-0.39, 0.29) is 12.5 Å². The van der Waals surface area contributed by atoms with Crippen LogP contribution in [-0.4, -0.2) is 19.1 Å². The Morgan fingerprint density at radius 1 is 0.769 bits per heavy atom. The predicted octanol–water partition coefficient (Wildman–Crippen LogP) is 8.49. The molecule has 0 aliphatic heterocycles. The molecule has 0 saturated heterocycles. The van der Waals surface area contributed by atoms with Gasteiger partial charge in [-0.05, 0) is 49.7 Å². The number of carbonyl (C=O) groups excluding carboxylic acids is 1. The highest BCUT2D eigenvalue weighted by Gasteiger charge is 2.07. The Labute approximate surface area is 239 Å². The molecule has 0 aliphatic rings. The normalized spacial score (nSPS) is 10.9. The summed E-state index contributed by atoms with van der Waals surface area (Å²) in [5, 5.41) is 2.89. The maximum atomic E-state index is 12.3. The molecule has 2 aromatic carbocycles. The van der Waals surface area contributed by atoms with Crippen molar-refractivity contribution in [1.29, 1.82) is 0 Å². The monoisotopic (exact) mass is 551 g/mol. The van der Waals surface area contributed by atoms with Crippen LogP contribution in [0.5, 0.6) is 11.5 Å². The van der Waals surface area contributed by atoms with Crippen molar-refractivity contribution < 1.29 is 18.8 Å². The first kappa shape index (κ1) is 30.7. The van der Waals surface area contributed by atoms with Gasteiger partial charge in [0.25, 0.3) is 5.91 Å². The number of hydrogen-bond donors (Lipinski definition) is 1. The molecule has 1 N–H and O–H groups in total. The second kappa shape index (κ2) is 18.4. The van der Waals surface area contributed by atoms with Gasteiger partial charge in [0.05, 0.1) is 11.5 Å². The molecule has 0 unspecified atom stereocenters. The lowest BCUT2D eigenvalue weighted by molar-refractivity contribution is -0.683. The number of carbonyl (C=O) groups is 1. The number of benzene rings is 2. The molecule has 0 atom stereocenters. The van der Waals surface area contributed by atoms with Crippen molar-refractivity contribution in [3.63, 3.8) is 0 Å². The zero-order valence-corrected chi connectivity index (χ0v) is 24.8. The van der Waals surface area contributed by atoms with Gasteiger partial charge in [-0.1, -0.05) is 101 Å². The number of rotatable bonds is 20. The lowest BCUT2D eigenvalue weighted by atomic mass is 10.1. The van der Waals surface area contributed by atoms with Crippen LogP contribution in [0.3, 0.4) is 0 Å². The van der Waals surface area contributed by atoms with Crippen molar-refractivity contribution in [3.8, 4) is 11.5 Å². The number of aryl methyl sites for hydroxylation is 1. The molecule has 3 aromatic rings. The summed E-state index contributed by atoms with van der Waals surface area (Å²) in [6.45, 7) is 5.90. The minimum absolute atomic E-state index is 0.0369. The summed E-state index contributed by atoms with van der Waals surface area (Å²) in [4.78, 5) is 13.6. The molecule has 0 aliphatic carbocycles. The minimum atomic E-state index is -0.183. The van der Waals surface area contributed by atoms with Gasteiger partial charge in [-0.15, -0.1) is 0 Å². The molecule has 5 nitrogen and oxygen atoms in total. The summed E-state index contributed by atoms with van der Waals surface area (Å²) in [6.07, 6.45) is 18.2. The molecule has 6 heteroatoms. The molecular weight excluding hydrogens is 504 g/mol. The largest absolute Gasteiger partial charge is 0.494 e. The van der Waals surface area contributed by atoms with Crippen molar-refractivity contribution in [3.05, 3.63) is 70.7 Å². The summed E-state index contributed by atoms with van der Waals surface area (Å²) >= 11 is 1.73. The maximum Gasteiger partial charge on any atom is 0.262 e. The van der Waals surface area contributed by atoms with Crippen molar-refractivity contribution in [1.82, 2.24) is 0 Å². The molecule has 1 amide bonds. The van der Waals surface area contributed by atoms with Crippen LogP contribution in [-0.2, 0) is 11.3 Å². The van der Waals surface area contributed by atoms with Gasteiger partial charge in [0.1, 0.15) is 11.5 Å². The van der Waals surface area contributed by atoms with Crippen molar-refractivity contribution in [2.75, 3.05) is 18.5 Å². The van der Waals surface area contributed by atoms with E-state index in [1.807, 2.05) is 48.5 Å². The quantitative estimate of drug-likeness (QED) is 0.113. The van der Waals surface area contributed by atoms with Crippen LogP contribution in [0.1, 0.15) is 94.4 Å². The Hall–Kier alpha value is -2.86. The zero-order chi connectivity index (χ0) is 27.5. The van der Waals surface area contributed by atoms with Gasteiger partial charge in [0.2, 0.25) is 5.51 Å². The van der Waals surface area contributed by atoms with Crippen LogP contribution in [0, 0.1) is 6.92 Å². The van der Waals surface area contributed by atoms with Gasteiger partial charge in [0, 0.05) is 11.3 Å². The van der Waals surface area contributed by atoms with E-state index in [9.17, 15) is 4.79 Å². The lowest BCUT2D eigenvalue weighted by Gasteiger charge is -2.09. The summed E-state index contributed by atoms with van der Waals surface area (Å²) in [5.74, 6) is 1.31. The molecular formula is C33H47N2O3S+. The Morgan fingerprint density at radius 2 is 1.33 bits per heavy atom. The number of nitrogens with zero attached hydrogens (tertiary/aromatic N) is 1. The average Bonchev–Trinajstić information content (AvgIpc) is 3.36. The summed E-state index contributed by atoms with van der Waals surface area (Å²) in [7, 11) is 0. The smallest absolute Gasteiger partial charge is 0.262 e. The highest BCUT2D eigenvalue weighted by atomic mass is 32.1. The molecule has 3 rings (SSSR count). The zero-order valence-electron chi connectivity index (χ0n) is 24.0. The summed E-state index contributed by atoms with van der Waals surface area (Å²) in [6, 6.07) is 15.4. The first-order valence-electron chi connectivity index (χ1n) is 14.8. The Kier molecular flexibility index (Phi) is 14.5. The second-order valence-corrected chi connectivity index (χ2v) is 11.5. The first-order valence-corrected chi connectivity index (χ1v) is 15.7. The van der Waals surface area contributed by atoms with E-state index in [1.54, 1.807) is 11.3 Å². The number of thiazole rings is 1. The van der Waals surface area contributed by atoms with E-state index in [0.29, 0.717) is 5.75 Å². The van der Waals surface area contributed by atoms with E-state index < -0.39 is 0 Å². The Bertz CT molecular complexity index is 1060. The van der Waals surface area contributed by atoms with E-state index in [4.69, 9.17) is 9.47 Å². The molecule has 1 heterocycles. The van der Waals surface area contributed by atoms with Gasteiger partial charge in [-0.25, -0.2) is 0 Å². The number of hydrogen-bond acceptors (Lipinski definition) is 4. The molecule has 0 bridgehead atoms. The number of ether oxygens (including phenoxy) is 2. The van der Waals surface area contributed by atoms with E-state index in [0.717, 1.165) is 31.0 Å². The van der Waals surface area contributed by atoms with Gasteiger partial charge < -0.3 is 14.8 Å². The maximum absolute atomic E-state index is 12.3. The standard InChI is InChI=1S/C33H46N2O3S/c1-3-4-5-6-7-8-9-10-11-12-13-14-23-37-31-19-21-32(22-20-31)38-26-33(36)34-30-17-15-29(16-18-30)25-35-24-28(2)39-27-35/h15-22,24,27H,3-14,23,25-26H2,1-2H3/p+1. The lowest BCUT2D eigenvalue weighted by Crippen LogP contribution is -2.30. The number of amides is 1. The van der Waals surface area contributed by atoms with E-state index >= 15 is 0 Å². The van der Waals surface area contributed by atoms with Crippen molar-refractivity contribution in [2.24, 2.45) is 0 Å². The Morgan fingerprint density at radius 3 is 1.90 bits per heavy atom. The Balaban J connectivity index is 1.21. The van der Waals surface area contributed by atoms with Gasteiger partial charge in [-0.3, -0.25) is 4.79 Å². The third-order valence-electron chi connectivity index (χ3n) is 6.78. The molecule has 0 spiro atoms. The molecule has 39 heavy (non-hydrogen) atoms. The average molecular weight is 552 g/mol. The van der Waals surface area contributed by atoms with Crippen molar-refractivity contribution in [2.45, 2.75) is 97.4 Å². The minimum Gasteiger partial charge on any atom is -0.494 e. The number of anilines is 1. The van der Waals surface area contributed by atoms with E-state index in [1.165, 1.54) is 81.1 Å². The summed E-state index contributed by atoms with van der Waals surface area (Å²) < 4.78 is 13.7. The SMILES string of the molecule is CCCCCCCCCCCCCCOc1ccc(OCC(=O)Nc2ccc(C[n+]3csc(C)c3)cc2)cc1. The molecule has 0 radical (unpaired) electrons. The van der Waals surface area contributed by atoms with Crippen LogP contribution >= 0.6 is 11.3 Å². The number of aromatic nitrogens is 1. The van der Waals surface area contributed by atoms with Gasteiger partial charge >= 0.3 is 0 Å². The highest BCUT2D eigenvalue weighted by Crippen LogP contribution is 2.19. The van der Waals surface area contributed by atoms with Gasteiger partial charge in [-0.2, -0.15) is 4.57 Å². The predicted molar refractivity (Wildman–Crippen MR) is 162 cm³/mol. The van der Waals surface area contributed by atoms with Gasteiger partial charge in [0.15, 0.2) is 19.3 Å². The van der Waals surface area contributed by atoms with Crippen LogP contribution < -0.4 is 19.4 Å². The van der Waals surface area contributed by atoms with Crippen LogP contribution in [0.4, 0.5) is 5.69 Å². The van der Waals surface area contributed by atoms with Crippen LogP contribution in [0.25, 0.3) is 0 Å². The fourth-order valence-corrected chi connectivity index (χ4v) is 5.18. The van der Waals surface area contributed by atoms with Crippen LogP contribution in [0.15, 0.2) is 60.2 Å². The van der Waals surface area contributed by atoms with Crippen LogP contribution in [0.2, 0.25) is 0 Å². The third-order valence-corrected chi connectivity index (χ3v) is 7.64. The van der Waals surface area contributed by atoms with Crippen molar-refractivity contribution >= 4 is 22.9 Å². The fourth-order valence-electron chi connectivity index (χ4n) is 4.54. The molecule has 212 valence electrons. The first-order chi connectivity index (χ1) is 19.1. The number of unbranched alkanes of at least 4 members (excludes halogenated alkanes) is 11. The number of nitrogens with one attached hydrogen (secondary N) is 1. The fraction of sp³-hybridized carbons (Fsp3) is 0.515. The molecule has 0 fully saturated rings. The summed E-state index contributed by atoms with van der Waals surface area (Å²) in [5.41, 5.74) is 4.06. The third kappa shape index (κ3) is 13.2. The topological polar surface area (TPSA) is 51.4 Å². The van der Waals surface area contributed by atoms with E-state index in [2.05, 4.69) is 35.4 Å².